The van der Waals surface area contributed by atoms with E-state index in [2.05, 4.69) is 42.2 Å². The van der Waals surface area contributed by atoms with Gasteiger partial charge in [-0.1, -0.05) is 30.3 Å². The third-order valence-electron chi connectivity index (χ3n) is 4.62. The molecule has 2 unspecified atom stereocenters. The number of benzene rings is 1. The monoisotopic (exact) mass is 332 g/mol. The van der Waals surface area contributed by atoms with Gasteiger partial charge in [0, 0.05) is 31.7 Å². The fraction of sp³-hybridized carbons (Fsp3) is 0.650. The van der Waals surface area contributed by atoms with E-state index in [1.165, 1.54) is 5.56 Å². The molecule has 134 valence electrons. The zero-order valence-electron chi connectivity index (χ0n) is 15.8. The summed E-state index contributed by atoms with van der Waals surface area (Å²) in [7, 11) is 0. The van der Waals surface area contributed by atoms with E-state index < -0.39 is 5.60 Å². The molecule has 4 nitrogen and oxygen atoms in total. The number of carbonyl (C=O) groups is 1. The minimum Gasteiger partial charge on any atom is -0.444 e. The first-order valence-electron chi connectivity index (χ1n) is 9.07. The highest BCUT2D eigenvalue weighted by molar-refractivity contribution is 5.68. The Morgan fingerprint density at radius 3 is 2.50 bits per heavy atom. The molecular formula is C20H32N2O2. The Hall–Kier alpha value is -1.55. The van der Waals surface area contributed by atoms with Crippen LogP contribution in [-0.4, -0.2) is 46.7 Å². The molecule has 1 fully saturated rings. The number of nitrogens with zero attached hydrogens (tertiary/aromatic N) is 2. The molecule has 0 N–H and O–H groups in total. The molecule has 1 aliphatic rings. The zero-order valence-corrected chi connectivity index (χ0v) is 15.8. The van der Waals surface area contributed by atoms with Gasteiger partial charge < -0.3 is 9.64 Å². The van der Waals surface area contributed by atoms with Crippen LogP contribution in [0.4, 0.5) is 4.79 Å². The molecule has 2 rings (SSSR count). The van der Waals surface area contributed by atoms with Gasteiger partial charge in [-0.05, 0) is 53.0 Å². The van der Waals surface area contributed by atoms with Crippen molar-refractivity contribution in [1.29, 1.82) is 0 Å². The standard InChI is InChI=1S/C20H32N2O2/c1-6-22(19(23)24-20(3,4)5)18-12-13-21(16(2)14-18)15-17-10-8-7-9-11-17/h7-11,16,18H,6,12-15H2,1-5H3. The summed E-state index contributed by atoms with van der Waals surface area (Å²) in [5, 5.41) is 0. The van der Waals surface area contributed by atoms with Crippen molar-refractivity contribution in [2.24, 2.45) is 0 Å². The minimum atomic E-state index is -0.440. The second-order valence-electron chi connectivity index (χ2n) is 7.75. The highest BCUT2D eigenvalue weighted by Gasteiger charge is 2.33. The number of likely N-dealkylation sites (tertiary alicyclic amines) is 1. The van der Waals surface area contributed by atoms with Crippen LogP contribution in [0.3, 0.4) is 0 Å². The van der Waals surface area contributed by atoms with Crippen LogP contribution in [0.25, 0.3) is 0 Å². The van der Waals surface area contributed by atoms with E-state index >= 15 is 0 Å². The van der Waals surface area contributed by atoms with Gasteiger partial charge in [0.25, 0.3) is 0 Å². The van der Waals surface area contributed by atoms with Crippen molar-refractivity contribution in [3.8, 4) is 0 Å². The van der Waals surface area contributed by atoms with Crippen molar-refractivity contribution in [2.45, 2.75) is 71.7 Å². The number of hydrogen-bond donors (Lipinski definition) is 0. The molecule has 1 aromatic rings. The Morgan fingerprint density at radius 2 is 1.96 bits per heavy atom. The van der Waals surface area contributed by atoms with E-state index in [4.69, 9.17) is 4.74 Å². The van der Waals surface area contributed by atoms with Gasteiger partial charge in [0.05, 0.1) is 0 Å². The first-order valence-corrected chi connectivity index (χ1v) is 9.07. The topological polar surface area (TPSA) is 32.8 Å². The number of piperidine rings is 1. The van der Waals surface area contributed by atoms with Crippen LogP contribution in [0, 0.1) is 0 Å². The van der Waals surface area contributed by atoms with Crippen LogP contribution in [0.15, 0.2) is 30.3 Å². The van der Waals surface area contributed by atoms with Crippen molar-refractivity contribution >= 4 is 6.09 Å². The second-order valence-corrected chi connectivity index (χ2v) is 7.75. The average Bonchev–Trinajstić information content (AvgIpc) is 2.50. The molecule has 0 saturated carbocycles. The summed E-state index contributed by atoms with van der Waals surface area (Å²) < 4.78 is 5.58. The van der Waals surface area contributed by atoms with Gasteiger partial charge in [-0.15, -0.1) is 0 Å². The molecular weight excluding hydrogens is 300 g/mol. The number of rotatable bonds is 4. The molecule has 0 aliphatic carbocycles. The van der Waals surface area contributed by atoms with Crippen LogP contribution in [-0.2, 0) is 11.3 Å². The van der Waals surface area contributed by atoms with Gasteiger partial charge in [0.1, 0.15) is 5.60 Å². The van der Waals surface area contributed by atoms with E-state index in [-0.39, 0.29) is 12.1 Å². The van der Waals surface area contributed by atoms with E-state index in [1.54, 1.807) is 0 Å². The lowest BCUT2D eigenvalue weighted by atomic mass is 9.96. The summed E-state index contributed by atoms with van der Waals surface area (Å²) in [6.07, 6.45) is 1.82. The molecule has 1 aliphatic heterocycles. The summed E-state index contributed by atoms with van der Waals surface area (Å²) in [6.45, 7) is 12.7. The van der Waals surface area contributed by atoms with E-state index in [1.807, 2.05) is 32.6 Å². The summed E-state index contributed by atoms with van der Waals surface area (Å²) in [5.41, 5.74) is 0.909. The smallest absolute Gasteiger partial charge is 0.410 e. The van der Waals surface area contributed by atoms with Crippen LogP contribution in [0.5, 0.6) is 0 Å². The molecule has 0 bridgehead atoms. The maximum Gasteiger partial charge on any atom is 0.410 e. The van der Waals surface area contributed by atoms with Crippen molar-refractivity contribution in [3.05, 3.63) is 35.9 Å². The van der Waals surface area contributed by atoms with E-state index in [9.17, 15) is 4.79 Å². The summed E-state index contributed by atoms with van der Waals surface area (Å²) >= 11 is 0. The predicted octanol–water partition coefficient (Wildman–Crippen LogP) is 4.30. The van der Waals surface area contributed by atoms with Gasteiger partial charge in [0.15, 0.2) is 0 Å². The Morgan fingerprint density at radius 1 is 1.29 bits per heavy atom. The predicted molar refractivity (Wildman–Crippen MR) is 98.0 cm³/mol. The summed E-state index contributed by atoms with van der Waals surface area (Å²) in [6, 6.07) is 11.3. The molecule has 4 heteroatoms. The maximum absolute atomic E-state index is 12.5. The molecule has 1 aromatic carbocycles. The Bertz CT molecular complexity index is 524. The maximum atomic E-state index is 12.5. The van der Waals surface area contributed by atoms with Crippen molar-refractivity contribution < 1.29 is 9.53 Å². The molecule has 0 radical (unpaired) electrons. The number of carbonyl (C=O) groups excluding carboxylic acids is 1. The van der Waals surface area contributed by atoms with Crippen molar-refractivity contribution in [3.63, 3.8) is 0 Å². The molecule has 2 atom stereocenters. The van der Waals surface area contributed by atoms with Crippen molar-refractivity contribution in [1.82, 2.24) is 9.80 Å². The first-order chi connectivity index (χ1) is 11.3. The lowest BCUT2D eigenvalue weighted by Crippen LogP contribution is -2.51. The molecule has 1 saturated heterocycles. The molecule has 0 aromatic heterocycles. The average molecular weight is 332 g/mol. The first kappa shape index (κ1) is 18.8. The Kier molecular flexibility index (Phi) is 6.27. The number of ether oxygens (including phenoxy) is 1. The minimum absolute atomic E-state index is 0.182. The fourth-order valence-electron chi connectivity index (χ4n) is 3.39. The third-order valence-corrected chi connectivity index (χ3v) is 4.62. The molecule has 1 amide bonds. The zero-order chi connectivity index (χ0) is 17.7. The van der Waals surface area contributed by atoms with Crippen LogP contribution in [0.2, 0.25) is 0 Å². The SMILES string of the molecule is CCN(C(=O)OC(C)(C)C)C1CCN(Cc2ccccc2)C(C)C1. The highest BCUT2D eigenvalue weighted by Crippen LogP contribution is 2.25. The van der Waals surface area contributed by atoms with Gasteiger partial charge in [-0.3, -0.25) is 4.90 Å². The van der Waals surface area contributed by atoms with Gasteiger partial charge in [-0.25, -0.2) is 4.79 Å². The third kappa shape index (κ3) is 5.23. The quantitative estimate of drug-likeness (QED) is 0.824. The van der Waals surface area contributed by atoms with E-state index in [0.29, 0.717) is 12.6 Å². The van der Waals surface area contributed by atoms with E-state index in [0.717, 1.165) is 25.9 Å². The number of amides is 1. The molecule has 1 heterocycles. The normalized spacial score (nSPS) is 22.2. The summed E-state index contributed by atoms with van der Waals surface area (Å²) in [5.74, 6) is 0. The number of hydrogen-bond acceptors (Lipinski definition) is 3. The van der Waals surface area contributed by atoms with Crippen LogP contribution in [0.1, 0.15) is 53.0 Å². The van der Waals surface area contributed by atoms with Crippen molar-refractivity contribution in [2.75, 3.05) is 13.1 Å². The highest BCUT2D eigenvalue weighted by atomic mass is 16.6. The largest absolute Gasteiger partial charge is 0.444 e. The van der Waals surface area contributed by atoms with Gasteiger partial charge in [0.2, 0.25) is 0 Å². The van der Waals surface area contributed by atoms with Crippen LogP contribution < -0.4 is 0 Å². The van der Waals surface area contributed by atoms with Crippen LogP contribution >= 0.6 is 0 Å². The Labute approximate surface area is 146 Å². The van der Waals surface area contributed by atoms with Gasteiger partial charge in [-0.2, -0.15) is 0 Å². The lowest BCUT2D eigenvalue weighted by Gasteiger charge is -2.42. The fourth-order valence-corrected chi connectivity index (χ4v) is 3.39. The van der Waals surface area contributed by atoms with Gasteiger partial charge >= 0.3 is 6.09 Å². The lowest BCUT2D eigenvalue weighted by molar-refractivity contribution is 0.00368. The Balaban J connectivity index is 1.94. The molecule has 24 heavy (non-hydrogen) atoms. The summed E-state index contributed by atoms with van der Waals surface area (Å²) in [4.78, 5) is 16.9. The second kappa shape index (κ2) is 8.02. The molecule has 0 spiro atoms.